The third kappa shape index (κ3) is 7.95. The Morgan fingerprint density at radius 1 is 1.14 bits per heavy atom. The highest BCUT2D eigenvalue weighted by molar-refractivity contribution is 6.27. The fraction of sp³-hybridized carbons (Fsp3) is 0.429. The second kappa shape index (κ2) is 10.3. The molecule has 0 aromatic heterocycles. The Bertz CT molecular complexity index is 485. The first-order valence-electron chi connectivity index (χ1n) is 6.74. The maximum Gasteiger partial charge on any atom is 0.414 e. The van der Waals surface area contributed by atoms with E-state index in [9.17, 15) is 10.1 Å². The summed E-state index contributed by atoms with van der Waals surface area (Å²) in [4.78, 5) is 28.3. The van der Waals surface area contributed by atoms with Crippen LogP contribution in [0.25, 0.3) is 0 Å². The molecule has 3 N–H and O–H groups in total. The Hall–Kier alpha value is -2.48. The van der Waals surface area contributed by atoms with Gasteiger partial charge in [-0.05, 0) is 18.4 Å². The number of carboxylic acids is 2. The minimum absolute atomic E-state index is 0.145. The maximum absolute atomic E-state index is 10.5. The van der Waals surface area contributed by atoms with Gasteiger partial charge < -0.3 is 15.5 Å². The van der Waals surface area contributed by atoms with E-state index in [1.165, 1.54) is 0 Å². The number of rotatable bonds is 6. The summed E-state index contributed by atoms with van der Waals surface area (Å²) < 4.78 is 0. The molecule has 1 rings (SSSR count). The molecule has 22 heavy (non-hydrogen) atoms. The molecule has 0 aliphatic rings. The number of nitro groups is 1. The molecule has 0 unspecified atom stereocenters. The molecule has 122 valence electrons. The molecule has 0 atom stereocenters. The molecule has 8 heteroatoms. The van der Waals surface area contributed by atoms with Gasteiger partial charge in [-0.2, -0.15) is 0 Å². The van der Waals surface area contributed by atoms with Crippen molar-refractivity contribution in [2.75, 3.05) is 0 Å². The Labute approximate surface area is 127 Å². The van der Waals surface area contributed by atoms with Crippen LogP contribution in [0.5, 0.6) is 0 Å². The summed E-state index contributed by atoms with van der Waals surface area (Å²) in [6, 6.07) is 7.21. The van der Waals surface area contributed by atoms with Crippen LogP contribution in [0.4, 0.5) is 5.69 Å². The van der Waals surface area contributed by atoms with Crippen LogP contribution < -0.4 is 5.32 Å². The molecule has 1 aromatic rings. The van der Waals surface area contributed by atoms with E-state index >= 15 is 0 Å². The second-order valence-corrected chi connectivity index (χ2v) is 4.43. The van der Waals surface area contributed by atoms with Crippen LogP contribution in [0.3, 0.4) is 0 Å². The third-order valence-electron chi connectivity index (χ3n) is 2.91. The summed E-state index contributed by atoms with van der Waals surface area (Å²) in [5.74, 6) is -3.65. The lowest BCUT2D eigenvalue weighted by molar-refractivity contribution is -0.384. The smallest absolute Gasteiger partial charge is 0.414 e. The molecule has 1 aromatic carbocycles. The Morgan fingerprint density at radius 2 is 1.59 bits per heavy atom. The number of hydrogen-bond donors (Lipinski definition) is 3. The molecule has 0 bridgehead atoms. The Balaban J connectivity index is 0.000000626. The maximum atomic E-state index is 10.5. The molecule has 0 radical (unpaired) electrons. The van der Waals surface area contributed by atoms with Crippen molar-refractivity contribution in [2.45, 2.75) is 39.3 Å². The highest BCUT2D eigenvalue weighted by Crippen LogP contribution is 2.12. The molecular formula is C14H20N2O6. The van der Waals surface area contributed by atoms with Gasteiger partial charge in [-0.1, -0.05) is 26.0 Å². The second-order valence-electron chi connectivity index (χ2n) is 4.43. The van der Waals surface area contributed by atoms with Gasteiger partial charge in [0.05, 0.1) is 4.92 Å². The van der Waals surface area contributed by atoms with Gasteiger partial charge in [0.25, 0.3) is 5.69 Å². The summed E-state index contributed by atoms with van der Waals surface area (Å²) in [7, 11) is 0. The molecule has 0 fully saturated rings. The summed E-state index contributed by atoms with van der Waals surface area (Å²) in [6.07, 6.45) is 2.20. The van der Waals surface area contributed by atoms with Crippen LogP contribution in [0.2, 0.25) is 0 Å². The Morgan fingerprint density at radius 3 is 1.91 bits per heavy atom. The van der Waals surface area contributed by atoms with Gasteiger partial charge in [0.2, 0.25) is 0 Å². The van der Waals surface area contributed by atoms with E-state index < -0.39 is 11.9 Å². The molecule has 0 amide bonds. The van der Waals surface area contributed by atoms with E-state index in [4.69, 9.17) is 19.8 Å². The van der Waals surface area contributed by atoms with Gasteiger partial charge in [0, 0.05) is 24.7 Å². The predicted octanol–water partition coefficient (Wildman–Crippen LogP) is 2.03. The average Bonchev–Trinajstić information content (AvgIpc) is 2.49. The minimum Gasteiger partial charge on any atom is -0.473 e. The first-order valence-corrected chi connectivity index (χ1v) is 6.74. The van der Waals surface area contributed by atoms with Crippen molar-refractivity contribution in [1.82, 2.24) is 5.32 Å². The average molecular weight is 312 g/mol. The van der Waals surface area contributed by atoms with Crippen molar-refractivity contribution in [2.24, 2.45) is 0 Å². The first-order chi connectivity index (χ1) is 10.3. The monoisotopic (exact) mass is 312 g/mol. The topological polar surface area (TPSA) is 130 Å². The van der Waals surface area contributed by atoms with Gasteiger partial charge in [0.15, 0.2) is 0 Å². The zero-order valence-electron chi connectivity index (χ0n) is 12.5. The minimum atomic E-state index is -1.82. The molecule has 0 aliphatic carbocycles. The standard InChI is InChI=1S/C12H18N2O2.C2H2O4/c1-3-11(4-2)13-9-10-5-7-12(8-6-10)14(15)16;3-1(4)2(5)6/h5-8,11,13H,3-4,9H2,1-2H3;(H,3,4)(H,5,6). The van der Waals surface area contributed by atoms with Crippen LogP contribution in [0.1, 0.15) is 32.3 Å². The van der Waals surface area contributed by atoms with Crippen LogP contribution in [0.15, 0.2) is 24.3 Å². The molecule has 0 heterocycles. The van der Waals surface area contributed by atoms with Gasteiger partial charge in [-0.3, -0.25) is 10.1 Å². The fourth-order valence-corrected chi connectivity index (χ4v) is 1.58. The molecular weight excluding hydrogens is 292 g/mol. The molecule has 0 saturated heterocycles. The molecule has 8 nitrogen and oxygen atoms in total. The van der Waals surface area contributed by atoms with Crippen molar-refractivity contribution in [3.63, 3.8) is 0 Å². The van der Waals surface area contributed by atoms with Crippen LogP contribution in [-0.4, -0.2) is 33.1 Å². The summed E-state index contributed by atoms with van der Waals surface area (Å²) in [5.41, 5.74) is 1.23. The van der Waals surface area contributed by atoms with Gasteiger partial charge in [-0.15, -0.1) is 0 Å². The van der Waals surface area contributed by atoms with E-state index in [0.717, 1.165) is 24.9 Å². The largest absolute Gasteiger partial charge is 0.473 e. The third-order valence-corrected chi connectivity index (χ3v) is 2.91. The number of carboxylic acid groups (broad SMARTS) is 2. The lowest BCUT2D eigenvalue weighted by Gasteiger charge is -2.14. The summed E-state index contributed by atoms with van der Waals surface area (Å²) >= 11 is 0. The van der Waals surface area contributed by atoms with E-state index in [0.29, 0.717) is 6.04 Å². The van der Waals surface area contributed by atoms with Crippen LogP contribution >= 0.6 is 0 Å². The van der Waals surface area contributed by atoms with E-state index in [2.05, 4.69) is 19.2 Å². The van der Waals surface area contributed by atoms with E-state index in [1.54, 1.807) is 24.3 Å². The number of nitrogens with one attached hydrogen (secondary N) is 1. The lowest BCUT2D eigenvalue weighted by atomic mass is 10.1. The first kappa shape index (κ1) is 19.5. The van der Waals surface area contributed by atoms with Gasteiger partial charge in [-0.25, -0.2) is 9.59 Å². The number of nitrogens with zero attached hydrogens (tertiary/aromatic N) is 1. The van der Waals surface area contributed by atoms with Crippen molar-refractivity contribution in [1.29, 1.82) is 0 Å². The van der Waals surface area contributed by atoms with Crippen LogP contribution in [0, 0.1) is 10.1 Å². The number of aliphatic carboxylic acids is 2. The summed E-state index contributed by atoms with van der Waals surface area (Å²) in [5, 5.41) is 28.7. The normalized spacial score (nSPS) is 9.77. The molecule has 0 saturated carbocycles. The van der Waals surface area contributed by atoms with Crippen LogP contribution in [-0.2, 0) is 16.1 Å². The number of benzene rings is 1. The Kier molecular flexibility index (Phi) is 9.12. The summed E-state index contributed by atoms with van der Waals surface area (Å²) in [6.45, 7) is 5.07. The highest BCUT2D eigenvalue weighted by atomic mass is 16.6. The zero-order valence-corrected chi connectivity index (χ0v) is 12.5. The predicted molar refractivity (Wildman–Crippen MR) is 79.6 cm³/mol. The van der Waals surface area contributed by atoms with Gasteiger partial charge >= 0.3 is 11.9 Å². The molecule has 0 aliphatic heterocycles. The van der Waals surface area contributed by atoms with E-state index in [1.807, 2.05) is 0 Å². The van der Waals surface area contributed by atoms with Crippen molar-refractivity contribution >= 4 is 17.6 Å². The fourth-order valence-electron chi connectivity index (χ4n) is 1.58. The van der Waals surface area contributed by atoms with Crippen molar-refractivity contribution in [3.8, 4) is 0 Å². The number of hydrogen-bond acceptors (Lipinski definition) is 5. The molecule has 0 spiro atoms. The highest BCUT2D eigenvalue weighted by Gasteiger charge is 2.05. The lowest BCUT2D eigenvalue weighted by Crippen LogP contribution is -2.26. The SMILES string of the molecule is CCC(CC)NCc1ccc([N+](=O)[O-])cc1.O=C(O)C(=O)O. The zero-order chi connectivity index (χ0) is 17.1. The van der Waals surface area contributed by atoms with Gasteiger partial charge in [0.1, 0.15) is 0 Å². The quantitative estimate of drug-likeness (QED) is 0.416. The van der Waals surface area contributed by atoms with Crippen molar-refractivity contribution in [3.05, 3.63) is 39.9 Å². The van der Waals surface area contributed by atoms with Crippen molar-refractivity contribution < 1.29 is 24.7 Å². The van der Waals surface area contributed by atoms with E-state index in [-0.39, 0.29) is 10.6 Å². The number of non-ortho nitro benzene ring substituents is 1. The number of carbonyl (C=O) groups is 2. The number of nitro benzene ring substituents is 1.